The number of nitrogens with one attached hydrogen (secondary N) is 1. The topological polar surface area (TPSA) is 32.3 Å². The summed E-state index contributed by atoms with van der Waals surface area (Å²) in [6.07, 6.45) is 3.37. The van der Waals surface area contributed by atoms with Crippen LogP contribution in [0.5, 0.6) is 0 Å². The van der Waals surface area contributed by atoms with E-state index in [1.54, 1.807) is 11.3 Å². The van der Waals surface area contributed by atoms with Crippen LogP contribution in [-0.4, -0.2) is 36.5 Å². The number of hydrogen-bond donors (Lipinski definition) is 1. The van der Waals surface area contributed by atoms with Crippen LogP contribution in [0.25, 0.3) is 0 Å². The average Bonchev–Trinajstić information content (AvgIpc) is 2.92. The monoisotopic (exact) mass is 280 g/mol. The van der Waals surface area contributed by atoms with Gasteiger partial charge in [0.25, 0.3) is 0 Å². The fourth-order valence-electron chi connectivity index (χ4n) is 2.49. The Morgan fingerprint density at radius 2 is 2.26 bits per heavy atom. The maximum atomic E-state index is 12.1. The van der Waals surface area contributed by atoms with Crippen LogP contribution in [0.3, 0.4) is 0 Å². The standard InChI is InChI=1S/C15H24N2OS/c1-12-6-9-17(10-7-12)13(2)15(18)16-8-5-14-4-3-11-19-14/h3-4,11-13H,5-10H2,1-2H3,(H,16,18). The van der Waals surface area contributed by atoms with Crippen molar-refractivity contribution in [2.24, 2.45) is 5.92 Å². The van der Waals surface area contributed by atoms with E-state index in [9.17, 15) is 4.79 Å². The SMILES string of the molecule is CC1CCN(C(C)C(=O)NCCc2cccs2)CC1. The summed E-state index contributed by atoms with van der Waals surface area (Å²) in [5, 5.41) is 5.13. The first-order valence-electron chi connectivity index (χ1n) is 7.21. The van der Waals surface area contributed by atoms with Gasteiger partial charge >= 0.3 is 0 Å². The molecule has 0 aliphatic carbocycles. The van der Waals surface area contributed by atoms with E-state index in [1.165, 1.54) is 17.7 Å². The minimum Gasteiger partial charge on any atom is -0.354 e. The molecule has 1 aromatic heterocycles. The molecule has 1 aliphatic rings. The van der Waals surface area contributed by atoms with Gasteiger partial charge in [-0.1, -0.05) is 13.0 Å². The van der Waals surface area contributed by atoms with Gasteiger partial charge in [0.2, 0.25) is 5.91 Å². The Morgan fingerprint density at radius 1 is 1.53 bits per heavy atom. The summed E-state index contributed by atoms with van der Waals surface area (Å²) in [5.74, 6) is 0.983. The molecule has 0 saturated carbocycles. The summed E-state index contributed by atoms with van der Waals surface area (Å²) < 4.78 is 0. The van der Waals surface area contributed by atoms with Gasteiger partial charge in [0, 0.05) is 11.4 Å². The zero-order valence-corrected chi connectivity index (χ0v) is 12.7. The number of amides is 1. The van der Waals surface area contributed by atoms with Crippen LogP contribution in [0.2, 0.25) is 0 Å². The van der Waals surface area contributed by atoms with Gasteiger partial charge < -0.3 is 5.32 Å². The van der Waals surface area contributed by atoms with Crippen molar-refractivity contribution in [1.29, 1.82) is 0 Å². The van der Waals surface area contributed by atoms with E-state index >= 15 is 0 Å². The lowest BCUT2D eigenvalue weighted by atomic mass is 9.98. The average molecular weight is 280 g/mol. The summed E-state index contributed by atoms with van der Waals surface area (Å²) in [4.78, 5) is 15.7. The molecule has 2 heterocycles. The van der Waals surface area contributed by atoms with Gasteiger partial charge in [-0.25, -0.2) is 0 Å². The first-order chi connectivity index (χ1) is 9.16. The molecule has 2 rings (SSSR count). The third kappa shape index (κ3) is 4.32. The lowest BCUT2D eigenvalue weighted by Gasteiger charge is -2.34. The van der Waals surface area contributed by atoms with E-state index in [-0.39, 0.29) is 11.9 Å². The lowest BCUT2D eigenvalue weighted by Crippen LogP contribution is -2.48. The zero-order chi connectivity index (χ0) is 13.7. The third-order valence-corrected chi connectivity index (χ3v) is 4.93. The molecular weight excluding hydrogens is 256 g/mol. The highest BCUT2D eigenvalue weighted by atomic mass is 32.1. The van der Waals surface area contributed by atoms with E-state index < -0.39 is 0 Å². The molecule has 0 bridgehead atoms. The largest absolute Gasteiger partial charge is 0.354 e. The molecule has 106 valence electrons. The van der Waals surface area contributed by atoms with Gasteiger partial charge in [-0.15, -0.1) is 11.3 Å². The van der Waals surface area contributed by atoms with Crippen LogP contribution < -0.4 is 5.32 Å². The van der Waals surface area contributed by atoms with E-state index in [4.69, 9.17) is 0 Å². The van der Waals surface area contributed by atoms with E-state index in [1.807, 2.05) is 6.92 Å². The van der Waals surface area contributed by atoms with Gasteiger partial charge in [0.05, 0.1) is 6.04 Å². The summed E-state index contributed by atoms with van der Waals surface area (Å²) in [5.41, 5.74) is 0. The van der Waals surface area contributed by atoms with Gasteiger partial charge in [-0.3, -0.25) is 9.69 Å². The summed E-state index contributed by atoms with van der Waals surface area (Å²) >= 11 is 1.75. The van der Waals surface area contributed by atoms with Crippen molar-refractivity contribution in [2.75, 3.05) is 19.6 Å². The van der Waals surface area contributed by atoms with Crippen molar-refractivity contribution in [1.82, 2.24) is 10.2 Å². The number of rotatable bonds is 5. The molecule has 1 amide bonds. The number of piperidine rings is 1. The second kappa shape index (κ2) is 7.06. The predicted octanol–water partition coefficient (Wildman–Crippen LogP) is 2.53. The van der Waals surface area contributed by atoms with Crippen molar-refractivity contribution < 1.29 is 4.79 Å². The molecule has 0 spiro atoms. The number of likely N-dealkylation sites (tertiary alicyclic amines) is 1. The summed E-state index contributed by atoms with van der Waals surface area (Å²) in [7, 11) is 0. The minimum absolute atomic E-state index is 0.0100. The van der Waals surface area contributed by atoms with Crippen LogP contribution in [-0.2, 0) is 11.2 Å². The number of carbonyl (C=O) groups is 1. The van der Waals surface area contributed by atoms with Crippen LogP contribution in [0, 0.1) is 5.92 Å². The first kappa shape index (κ1) is 14.5. The minimum atomic E-state index is 0.0100. The molecule has 1 aromatic rings. The van der Waals surface area contributed by atoms with Crippen molar-refractivity contribution in [2.45, 2.75) is 39.2 Å². The molecule has 1 saturated heterocycles. The van der Waals surface area contributed by atoms with Crippen LogP contribution >= 0.6 is 11.3 Å². The first-order valence-corrected chi connectivity index (χ1v) is 8.09. The molecule has 4 heteroatoms. The fourth-order valence-corrected chi connectivity index (χ4v) is 3.20. The quantitative estimate of drug-likeness (QED) is 0.899. The number of thiophene rings is 1. The normalized spacial score (nSPS) is 19.3. The Morgan fingerprint density at radius 3 is 2.89 bits per heavy atom. The van der Waals surface area contributed by atoms with Crippen molar-refractivity contribution in [3.05, 3.63) is 22.4 Å². The van der Waals surface area contributed by atoms with Crippen LogP contribution in [0.15, 0.2) is 17.5 Å². The van der Waals surface area contributed by atoms with E-state index in [0.29, 0.717) is 0 Å². The molecule has 1 aliphatic heterocycles. The third-order valence-electron chi connectivity index (χ3n) is 4.00. The van der Waals surface area contributed by atoms with Crippen molar-refractivity contribution in [3.8, 4) is 0 Å². The Hall–Kier alpha value is -0.870. The summed E-state index contributed by atoms with van der Waals surface area (Å²) in [6.45, 7) is 7.18. The number of carbonyl (C=O) groups excluding carboxylic acids is 1. The van der Waals surface area contributed by atoms with E-state index in [0.717, 1.165) is 32.0 Å². The molecule has 0 aromatic carbocycles. The second-order valence-corrected chi connectivity index (χ2v) is 6.55. The molecule has 1 unspecified atom stereocenters. The molecule has 3 nitrogen and oxygen atoms in total. The van der Waals surface area contributed by atoms with Gasteiger partial charge in [-0.2, -0.15) is 0 Å². The molecule has 0 radical (unpaired) electrons. The molecule has 1 atom stereocenters. The number of nitrogens with zero attached hydrogens (tertiary/aromatic N) is 1. The van der Waals surface area contributed by atoms with Crippen molar-refractivity contribution in [3.63, 3.8) is 0 Å². The van der Waals surface area contributed by atoms with Gasteiger partial charge in [0.15, 0.2) is 0 Å². The zero-order valence-electron chi connectivity index (χ0n) is 11.9. The van der Waals surface area contributed by atoms with Gasteiger partial charge in [0.1, 0.15) is 0 Å². The molecule has 1 fully saturated rings. The lowest BCUT2D eigenvalue weighted by molar-refractivity contribution is -0.126. The Labute approximate surface area is 120 Å². The highest BCUT2D eigenvalue weighted by Gasteiger charge is 2.24. The molecule has 19 heavy (non-hydrogen) atoms. The highest BCUT2D eigenvalue weighted by Crippen LogP contribution is 2.18. The fraction of sp³-hybridized carbons (Fsp3) is 0.667. The second-order valence-electron chi connectivity index (χ2n) is 5.51. The van der Waals surface area contributed by atoms with E-state index in [2.05, 4.69) is 34.7 Å². The number of hydrogen-bond acceptors (Lipinski definition) is 3. The summed E-state index contributed by atoms with van der Waals surface area (Å²) in [6, 6.07) is 4.18. The highest BCUT2D eigenvalue weighted by molar-refractivity contribution is 7.09. The predicted molar refractivity (Wildman–Crippen MR) is 80.5 cm³/mol. The maximum absolute atomic E-state index is 12.1. The Balaban J connectivity index is 1.70. The smallest absolute Gasteiger partial charge is 0.237 e. The maximum Gasteiger partial charge on any atom is 0.237 e. The van der Waals surface area contributed by atoms with Gasteiger partial charge in [-0.05, 0) is 56.6 Å². The van der Waals surface area contributed by atoms with Crippen LogP contribution in [0.1, 0.15) is 31.6 Å². The molecule has 1 N–H and O–H groups in total. The Bertz CT molecular complexity index is 383. The Kier molecular flexibility index (Phi) is 5.40. The van der Waals surface area contributed by atoms with Crippen LogP contribution in [0.4, 0.5) is 0 Å². The van der Waals surface area contributed by atoms with Crippen molar-refractivity contribution >= 4 is 17.2 Å². The molecular formula is C15H24N2OS.